The summed E-state index contributed by atoms with van der Waals surface area (Å²) in [5.41, 5.74) is 5.59. The monoisotopic (exact) mass is 447 g/mol. The van der Waals surface area contributed by atoms with Crippen molar-refractivity contribution >= 4 is 28.6 Å². The number of rotatable bonds is 3. The number of aromatic nitrogens is 1. The van der Waals surface area contributed by atoms with Crippen LogP contribution in [0.15, 0.2) is 28.7 Å². The molecule has 1 aromatic rings. The molecule has 0 saturated carbocycles. The number of nitrogens with one attached hydrogen (secondary N) is 2. The van der Waals surface area contributed by atoms with E-state index in [0.717, 1.165) is 41.0 Å². The van der Waals surface area contributed by atoms with Gasteiger partial charge in [-0.2, -0.15) is 0 Å². The SMILES string of the molecule is CCNc1cc2oc3cc(=[NH+]CC)c(C)cc-3nc2c2c1C=CCC2=O.[O-][Cl+3]([O-])([O-])[O-]. The number of halogens is 1. The molecule has 0 fully saturated rings. The third kappa shape index (κ3) is 5.27. The third-order valence-electron chi connectivity index (χ3n) is 4.66. The van der Waals surface area contributed by atoms with Gasteiger partial charge >= 0.3 is 0 Å². The first kappa shape index (κ1) is 22.9. The van der Waals surface area contributed by atoms with E-state index in [2.05, 4.69) is 17.2 Å². The molecule has 9 nitrogen and oxygen atoms in total. The minimum atomic E-state index is -4.94. The van der Waals surface area contributed by atoms with Crippen LogP contribution in [0.3, 0.4) is 0 Å². The molecule has 164 valence electrons. The van der Waals surface area contributed by atoms with Gasteiger partial charge in [0.1, 0.15) is 17.8 Å². The van der Waals surface area contributed by atoms with Gasteiger partial charge in [0.2, 0.25) is 5.36 Å². The van der Waals surface area contributed by atoms with Gasteiger partial charge in [-0.3, -0.25) is 4.79 Å². The summed E-state index contributed by atoms with van der Waals surface area (Å²) < 4.78 is 40.1. The van der Waals surface area contributed by atoms with E-state index in [1.54, 1.807) is 0 Å². The summed E-state index contributed by atoms with van der Waals surface area (Å²) in [5.74, 6) is 0.788. The van der Waals surface area contributed by atoms with Crippen LogP contribution in [0.25, 0.3) is 28.6 Å². The second kappa shape index (κ2) is 9.13. The number of carbonyl (C=O) groups excluding carboxylic acids is 1. The Balaban J connectivity index is 0.000000491. The van der Waals surface area contributed by atoms with Crippen LogP contribution in [0, 0.1) is 17.2 Å². The van der Waals surface area contributed by atoms with Gasteiger partial charge in [0.25, 0.3) is 0 Å². The number of fused-ring (bicyclic) bond motifs is 4. The molecule has 3 aliphatic rings. The first-order chi connectivity index (χ1) is 14.6. The van der Waals surface area contributed by atoms with Gasteiger partial charge < -0.3 is 9.73 Å². The van der Waals surface area contributed by atoms with Gasteiger partial charge in [0, 0.05) is 35.8 Å². The summed E-state index contributed by atoms with van der Waals surface area (Å²) in [6, 6.07) is 5.93. The van der Waals surface area contributed by atoms with Crippen molar-refractivity contribution in [3.05, 3.63) is 46.3 Å². The van der Waals surface area contributed by atoms with Crippen LogP contribution in [0.1, 0.15) is 41.8 Å². The second-order valence-electron chi connectivity index (χ2n) is 6.88. The molecule has 10 heteroatoms. The van der Waals surface area contributed by atoms with Crippen LogP contribution in [0.5, 0.6) is 0 Å². The Kier molecular flexibility index (Phi) is 6.73. The van der Waals surface area contributed by atoms with E-state index in [1.807, 2.05) is 44.2 Å². The van der Waals surface area contributed by atoms with Crippen LogP contribution in [-0.2, 0) is 0 Å². The summed E-state index contributed by atoms with van der Waals surface area (Å²) in [7, 11) is -4.94. The highest BCUT2D eigenvalue weighted by atomic mass is 35.7. The van der Waals surface area contributed by atoms with Crippen molar-refractivity contribution in [2.24, 2.45) is 0 Å². The van der Waals surface area contributed by atoms with Crippen molar-refractivity contribution in [2.75, 3.05) is 18.4 Å². The lowest BCUT2D eigenvalue weighted by Gasteiger charge is -2.18. The molecule has 1 heterocycles. The molecule has 0 unspecified atom stereocenters. The zero-order valence-corrected chi connectivity index (χ0v) is 18.0. The number of Topliss-reactive ketones (excluding diaryl/α,β-unsaturated/α-hetero) is 1. The summed E-state index contributed by atoms with van der Waals surface area (Å²) in [6.07, 6.45) is 4.30. The molecular formula is C21H22ClN3O6. The fourth-order valence-corrected chi connectivity index (χ4v) is 3.49. The van der Waals surface area contributed by atoms with Crippen LogP contribution in [-0.4, -0.2) is 23.9 Å². The lowest BCUT2D eigenvalue weighted by atomic mass is 9.93. The number of aryl methyl sites for hydroxylation is 1. The number of anilines is 1. The van der Waals surface area contributed by atoms with Crippen molar-refractivity contribution in [3.8, 4) is 11.5 Å². The van der Waals surface area contributed by atoms with Crippen molar-refractivity contribution in [1.82, 2.24) is 4.98 Å². The molecule has 0 spiro atoms. The number of nitrogens with zero attached hydrogens (tertiary/aromatic N) is 1. The van der Waals surface area contributed by atoms with Gasteiger partial charge in [0.15, 0.2) is 17.1 Å². The number of ketones is 1. The smallest absolute Gasteiger partial charge is 0.205 e. The van der Waals surface area contributed by atoms with Crippen LogP contribution < -0.4 is 34.3 Å². The van der Waals surface area contributed by atoms with E-state index >= 15 is 0 Å². The molecule has 0 aromatic heterocycles. The van der Waals surface area contributed by atoms with Gasteiger partial charge in [0.05, 0.1) is 11.6 Å². The molecule has 1 aliphatic heterocycles. The van der Waals surface area contributed by atoms with E-state index < -0.39 is 10.2 Å². The zero-order chi connectivity index (χ0) is 22.8. The summed E-state index contributed by atoms with van der Waals surface area (Å²) in [5, 5.41) is 4.37. The zero-order valence-electron chi connectivity index (χ0n) is 17.3. The van der Waals surface area contributed by atoms with Gasteiger partial charge in [-0.25, -0.2) is 28.6 Å². The minimum absolute atomic E-state index is 0.0790. The molecule has 4 rings (SSSR count). The maximum absolute atomic E-state index is 12.6. The molecule has 0 saturated heterocycles. The highest BCUT2D eigenvalue weighted by Gasteiger charge is 2.24. The molecule has 0 radical (unpaired) electrons. The first-order valence-electron chi connectivity index (χ1n) is 9.66. The highest BCUT2D eigenvalue weighted by molar-refractivity contribution is 6.13. The number of allylic oxidation sites excluding steroid dienone is 1. The number of carbonyl (C=O) groups is 1. The van der Waals surface area contributed by atoms with E-state index in [9.17, 15) is 4.79 Å². The van der Waals surface area contributed by atoms with E-state index in [4.69, 9.17) is 28.0 Å². The minimum Gasteiger partial charge on any atom is -0.452 e. The molecule has 31 heavy (non-hydrogen) atoms. The van der Waals surface area contributed by atoms with E-state index in [0.29, 0.717) is 28.8 Å². The van der Waals surface area contributed by atoms with Crippen LogP contribution in [0.2, 0.25) is 0 Å². The predicted molar refractivity (Wildman–Crippen MR) is 102 cm³/mol. The number of hydrogen-bond acceptors (Lipinski definition) is 8. The van der Waals surface area contributed by atoms with Crippen LogP contribution >= 0.6 is 0 Å². The Morgan fingerprint density at radius 3 is 2.55 bits per heavy atom. The molecule has 0 atom stereocenters. The molecule has 2 N–H and O–H groups in total. The lowest BCUT2D eigenvalue weighted by Crippen LogP contribution is -2.76. The average Bonchev–Trinajstić information content (AvgIpc) is 2.67. The quantitative estimate of drug-likeness (QED) is 0.417. The normalized spacial score (nSPS) is 13.9. The highest BCUT2D eigenvalue weighted by Crippen LogP contribution is 2.35. The molecule has 2 aliphatic carbocycles. The Labute approximate surface area is 180 Å². The van der Waals surface area contributed by atoms with Crippen molar-refractivity contribution in [3.63, 3.8) is 0 Å². The lowest BCUT2D eigenvalue weighted by molar-refractivity contribution is -2.00. The van der Waals surface area contributed by atoms with Gasteiger partial charge in [-0.1, -0.05) is 12.2 Å². The maximum atomic E-state index is 12.6. The standard InChI is InChI=1S/C21H21N3O2.ClHO4/c1-4-22-14-10-18-16(9-12(14)3)24-21-19(26-18)11-15(23-5-2)13-7-6-8-17(25)20(13)21;2-1(3,4)5/h6-7,9-11,23H,4-5,8H2,1-3H3;(H,2,3,4,5). The summed E-state index contributed by atoms with van der Waals surface area (Å²) >= 11 is 0. The third-order valence-corrected chi connectivity index (χ3v) is 4.66. The topological polar surface area (TPSA) is 161 Å². The largest absolute Gasteiger partial charge is 0.452 e. The molecule has 0 bridgehead atoms. The second-order valence-corrected chi connectivity index (χ2v) is 7.63. The van der Waals surface area contributed by atoms with Crippen LogP contribution in [0.4, 0.5) is 5.69 Å². The molecule has 1 aromatic carbocycles. The van der Waals surface area contributed by atoms with Gasteiger partial charge in [-0.15, -0.1) is 10.2 Å². The summed E-state index contributed by atoms with van der Waals surface area (Å²) in [4.78, 5) is 20.8. The summed E-state index contributed by atoms with van der Waals surface area (Å²) in [6.45, 7) is 7.75. The number of hydrogen-bond donors (Lipinski definition) is 2. The molecular weight excluding hydrogens is 426 g/mol. The van der Waals surface area contributed by atoms with Crippen molar-refractivity contribution in [1.29, 1.82) is 0 Å². The van der Waals surface area contributed by atoms with E-state index in [1.165, 1.54) is 0 Å². The molecule has 0 amide bonds. The fourth-order valence-electron chi connectivity index (χ4n) is 3.49. The Hall–Kier alpha value is -2.82. The van der Waals surface area contributed by atoms with Crippen molar-refractivity contribution in [2.45, 2.75) is 27.2 Å². The average molecular weight is 448 g/mol. The number of benzene rings is 2. The Morgan fingerprint density at radius 1 is 1.19 bits per heavy atom. The predicted octanol–water partition coefficient (Wildman–Crippen LogP) is -2.48. The maximum Gasteiger partial charge on any atom is 0.205 e. The Morgan fingerprint density at radius 2 is 1.90 bits per heavy atom. The van der Waals surface area contributed by atoms with Crippen molar-refractivity contribution < 1.29 is 43.1 Å². The Bertz CT molecular complexity index is 1190. The van der Waals surface area contributed by atoms with Gasteiger partial charge in [-0.05, 0) is 26.8 Å². The van der Waals surface area contributed by atoms with E-state index in [-0.39, 0.29) is 5.78 Å². The fraction of sp³-hybridized carbons (Fsp3) is 0.286. The first-order valence-corrected chi connectivity index (χ1v) is 10.9.